The molecule has 31 heavy (non-hydrogen) atoms. The number of nitrogens with one attached hydrogen (secondary N) is 1. The van der Waals surface area contributed by atoms with E-state index in [1.807, 2.05) is 72.8 Å². The topological polar surface area (TPSA) is 78.1 Å². The van der Waals surface area contributed by atoms with Gasteiger partial charge in [0.05, 0.1) is 19.8 Å². The molecule has 0 aromatic heterocycles. The predicted octanol–water partition coefficient (Wildman–Crippen LogP) is 4.97. The summed E-state index contributed by atoms with van der Waals surface area (Å²) in [6.45, 7) is 2.22. The Labute approximate surface area is 199 Å². The molecule has 0 aliphatic carbocycles. The van der Waals surface area contributed by atoms with E-state index in [1.54, 1.807) is 0 Å². The monoisotopic (exact) mass is 531 g/mol. The van der Waals surface area contributed by atoms with Crippen molar-refractivity contribution in [2.24, 2.45) is 10.7 Å². The number of para-hydroxylation sites is 1. The Bertz CT molecular complexity index is 1010. The average molecular weight is 531 g/mol. The molecule has 0 atom stereocenters. The summed E-state index contributed by atoms with van der Waals surface area (Å²) in [5.74, 6) is 2.58. The number of benzene rings is 3. The van der Waals surface area contributed by atoms with E-state index in [9.17, 15) is 0 Å². The Morgan fingerprint density at radius 3 is 2.52 bits per heavy atom. The summed E-state index contributed by atoms with van der Waals surface area (Å²) in [4.78, 5) is 4.47. The van der Waals surface area contributed by atoms with Gasteiger partial charge >= 0.3 is 0 Å². The van der Waals surface area contributed by atoms with Gasteiger partial charge in [-0.15, -0.1) is 24.0 Å². The van der Waals surface area contributed by atoms with Gasteiger partial charge < -0.3 is 25.3 Å². The maximum Gasteiger partial charge on any atom is 0.193 e. The van der Waals surface area contributed by atoms with Gasteiger partial charge in [0.2, 0.25) is 0 Å². The van der Waals surface area contributed by atoms with E-state index < -0.39 is 0 Å². The number of hydrogen-bond donors (Lipinski definition) is 2. The molecule has 0 saturated heterocycles. The fraction of sp³-hybridized carbons (Fsp3) is 0.208. The molecule has 1 aliphatic heterocycles. The van der Waals surface area contributed by atoms with Crippen LogP contribution in [0.1, 0.15) is 17.5 Å². The Kier molecular flexibility index (Phi) is 8.40. The quantitative estimate of drug-likeness (QED) is 0.267. The van der Waals surface area contributed by atoms with Gasteiger partial charge in [0, 0.05) is 23.7 Å². The molecule has 4 rings (SSSR count). The number of nitrogens with zero attached hydrogens (tertiary/aromatic N) is 1. The van der Waals surface area contributed by atoms with Gasteiger partial charge in [0.1, 0.15) is 12.4 Å². The molecule has 3 aromatic carbocycles. The van der Waals surface area contributed by atoms with Gasteiger partial charge in [-0.1, -0.05) is 48.5 Å². The minimum absolute atomic E-state index is 0. The van der Waals surface area contributed by atoms with Gasteiger partial charge in [-0.25, -0.2) is 4.99 Å². The Hall–Kier alpha value is -2.94. The van der Waals surface area contributed by atoms with Crippen molar-refractivity contribution >= 4 is 35.6 Å². The van der Waals surface area contributed by atoms with Crippen LogP contribution in [0.15, 0.2) is 77.8 Å². The first-order valence-electron chi connectivity index (χ1n) is 9.99. The van der Waals surface area contributed by atoms with Crippen molar-refractivity contribution in [3.05, 3.63) is 83.9 Å². The van der Waals surface area contributed by atoms with E-state index in [-0.39, 0.29) is 24.0 Å². The molecule has 3 aromatic rings. The first-order valence-corrected chi connectivity index (χ1v) is 9.99. The summed E-state index contributed by atoms with van der Waals surface area (Å²) in [7, 11) is 0. The minimum atomic E-state index is 0. The first-order chi connectivity index (χ1) is 14.8. The molecule has 0 amide bonds. The van der Waals surface area contributed by atoms with E-state index in [0.29, 0.717) is 38.1 Å². The van der Waals surface area contributed by atoms with Crippen LogP contribution in [0.2, 0.25) is 0 Å². The summed E-state index contributed by atoms with van der Waals surface area (Å²) >= 11 is 0. The van der Waals surface area contributed by atoms with E-state index in [0.717, 1.165) is 34.7 Å². The number of nitrogens with two attached hydrogens (primary N) is 1. The third-order valence-corrected chi connectivity index (χ3v) is 4.65. The highest BCUT2D eigenvalue weighted by molar-refractivity contribution is 14.0. The zero-order valence-electron chi connectivity index (χ0n) is 17.1. The molecule has 0 saturated carbocycles. The van der Waals surface area contributed by atoms with Gasteiger partial charge in [0.15, 0.2) is 17.5 Å². The third-order valence-electron chi connectivity index (χ3n) is 4.65. The summed E-state index contributed by atoms with van der Waals surface area (Å²) in [5, 5.41) is 3.11. The van der Waals surface area contributed by atoms with Crippen molar-refractivity contribution in [2.75, 3.05) is 18.5 Å². The lowest BCUT2D eigenvalue weighted by atomic mass is 10.2. The second-order valence-electron chi connectivity index (χ2n) is 6.92. The lowest BCUT2D eigenvalue weighted by molar-refractivity contribution is 0.297. The summed E-state index contributed by atoms with van der Waals surface area (Å²) < 4.78 is 17.4. The molecule has 1 aliphatic rings. The van der Waals surface area contributed by atoms with E-state index in [1.165, 1.54) is 0 Å². The third kappa shape index (κ3) is 6.52. The fourth-order valence-corrected chi connectivity index (χ4v) is 3.11. The van der Waals surface area contributed by atoms with Crippen molar-refractivity contribution in [3.63, 3.8) is 0 Å². The number of ether oxygens (including phenoxy) is 3. The van der Waals surface area contributed by atoms with Crippen LogP contribution in [0.25, 0.3) is 0 Å². The molecule has 6 nitrogen and oxygen atoms in total. The number of rotatable bonds is 6. The Morgan fingerprint density at radius 1 is 0.935 bits per heavy atom. The number of aliphatic imine (C=N–C) groups is 1. The largest absolute Gasteiger partial charge is 0.490 e. The number of fused-ring (bicyclic) bond motifs is 1. The van der Waals surface area contributed by atoms with E-state index >= 15 is 0 Å². The molecule has 7 heteroatoms. The maximum absolute atomic E-state index is 6.10. The van der Waals surface area contributed by atoms with Crippen molar-refractivity contribution in [2.45, 2.75) is 19.6 Å². The van der Waals surface area contributed by atoms with Crippen LogP contribution in [-0.4, -0.2) is 19.2 Å². The van der Waals surface area contributed by atoms with Crippen LogP contribution in [0.3, 0.4) is 0 Å². The fourth-order valence-electron chi connectivity index (χ4n) is 3.11. The molecule has 162 valence electrons. The number of anilines is 1. The molecular weight excluding hydrogens is 505 g/mol. The van der Waals surface area contributed by atoms with Gasteiger partial charge in [-0.2, -0.15) is 0 Å². The molecule has 1 heterocycles. The normalized spacial score (nSPS) is 13.0. The summed E-state index contributed by atoms with van der Waals surface area (Å²) in [5.41, 5.74) is 8.99. The molecule has 0 bridgehead atoms. The van der Waals surface area contributed by atoms with Crippen LogP contribution in [0, 0.1) is 0 Å². The highest BCUT2D eigenvalue weighted by Gasteiger charge is 2.11. The first kappa shape index (κ1) is 22.7. The van der Waals surface area contributed by atoms with E-state index in [4.69, 9.17) is 19.9 Å². The lowest BCUT2D eigenvalue weighted by Crippen LogP contribution is -2.22. The van der Waals surface area contributed by atoms with Crippen LogP contribution in [-0.2, 0) is 13.2 Å². The smallest absolute Gasteiger partial charge is 0.193 e. The lowest BCUT2D eigenvalue weighted by Gasteiger charge is -2.12. The number of hydrogen-bond acceptors (Lipinski definition) is 4. The van der Waals surface area contributed by atoms with Crippen molar-refractivity contribution in [1.82, 2.24) is 0 Å². The Morgan fingerprint density at radius 2 is 1.68 bits per heavy atom. The van der Waals surface area contributed by atoms with Crippen molar-refractivity contribution < 1.29 is 14.2 Å². The Balaban J connectivity index is 0.00000272. The average Bonchev–Trinajstić information content (AvgIpc) is 3.02. The highest BCUT2D eigenvalue weighted by Crippen LogP contribution is 2.32. The summed E-state index contributed by atoms with van der Waals surface area (Å²) in [6, 6.07) is 23.6. The highest BCUT2D eigenvalue weighted by atomic mass is 127. The zero-order valence-corrected chi connectivity index (χ0v) is 19.5. The van der Waals surface area contributed by atoms with Gasteiger partial charge in [-0.05, 0) is 23.8 Å². The minimum Gasteiger partial charge on any atom is -0.490 e. The molecule has 0 fully saturated rings. The molecular formula is C24H26IN3O3. The standard InChI is InChI=1S/C24H25N3O3.HI/c25-24(27-20-11-12-22-23(15-20)29-14-6-13-28-22)26-16-19-9-4-5-10-21(19)30-17-18-7-2-1-3-8-18;/h1-5,7-12,15H,6,13-14,16-17H2,(H3,25,26,27);1H. The SMILES string of the molecule is I.NC(=NCc1ccccc1OCc1ccccc1)Nc1ccc2c(c1)OCCCO2. The number of guanidine groups is 1. The van der Waals surface area contributed by atoms with Crippen LogP contribution in [0.5, 0.6) is 17.2 Å². The van der Waals surface area contributed by atoms with E-state index in [2.05, 4.69) is 10.3 Å². The van der Waals surface area contributed by atoms with Crippen molar-refractivity contribution in [3.8, 4) is 17.2 Å². The second-order valence-corrected chi connectivity index (χ2v) is 6.92. The van der Waals surface area contributed by atoms with Crippen LogP contribution in [0.4, 0.5) is 5.69 Å². The van der Waals surface area contributed by atoms with Gasteiger partial charge in [-0.3, -0.25) is 0 Å². The molecule has 0 spiro atoms. The summed E-state index contributed by atoms with van der Waals surface area (Å²) in [6.07, 6.45) is 0.868. The maximum atomic E-state index is 6.10. The molecule has 0 radical (unpaired) electrons. The predicted molar refractivity (Wildman–Crippen MR) is 134 cm³/mol. The molecule has 3 N–H and O–H groups in total. The van der Waals surface area contributed by atoms with Crippen molar-refractivity contribution in [1.29, 1.82) is 0 Å². The number of halogens is 1. The molecule has 0 unspecified atom stereocenters. The van der Waals surface area contributed by atoms with Crippen LogP contribution < -0.4 is 25.3 Å². The van der Waals surface area contributed by atoms with Crippen LogP contribution >= 0.6 is 24.0 Å². The second kappa shape index (κ2) is 11.5. The van der Waals surface area contributed by atoms with Gasteiger partial charge in [0.25, 0.3) is 0 Å². The zero-order chi connectivity index (χ0) is 20.6.